The number of aliphatic hydroxyl groups excluding tert-OH is 1. The van der Waals surface area contributed by atoms with Crippen molar-refractivity contribution in [3.05, 3.63) is 0 Å². The van der Waals surface area contributed by atoms with Crippen LogP contribution in [0, 0.1) is 11.8 Å². The van der Waals surface area contributed by atoms with Gasteiger partial charge in [-0.25, -0.2) is 9.13 Å². The van der Waals surface area contributed by atoms with Crippen LogP contribution < -0.4 is 0 Å². The minimum Gasteiger partial charge on any atom is -0.462 e. The first-order chi connectivity index (χ1) is 48.4. The van der Waals surface area contributed by atoms with E-state index in [4.69, 9.17) is 37.0 Å². The van der Waals surface area contributed by atoms with Crippen molar-refractivity contribution in [2.24, 2.45) is 11.8 Å². The van der Waals surface area contributed by atoms with E-state index in [9.17, 15) is 43.2 Å². The Kier molecular flexibility index (Phi) is 71.2. The molecule has 17 nitrogen and oxygen atoms in total. The molecule has 594 valence electrons. The van der Waals surface area contributed by atoms with Crippen molar-refractivity contribution in [1.82, 2.24) is 0 Å². The van der Waals surface area contributed by atoms with Crippen molar-refractivity contribution in [3.63, 3.8) is 0 Å². The molecule has 0 spiro atoms. The molecule has 0 aromatic rings. The van der Waals surface area contributed by atoms with Crippen LogP contribution >= 0.6 is 15.6 Å². The lowest BCUT2D eigenvalue weighted by Crippen LogP contribution is -2.30. The number of rotatable bonds is 80. The van der Waals surface area contributed by atoms with Crippen LogP contribution in [0.25, 0.3) is 0 Å². The maximum Gasteiger partial charge on any atom is 0.472 e. The third-order valence-electron chi connectivity index (χ3n) is 19.0. The number of hydrogen-bond acceptors (Lipinski definition) is 15. The average Bonchev–Trinajstić information content (AvgIpc) is 1.26. The highest BCUT2D eigenvalue weighted by Gasteiger charge is 2.30. The Balaban J connectivity index is 5.25. The van der Waals surface area contributed by atoms with Crippen LogP contribution in [0.5, 0.6) is 0 Å². The van der Waals surface area contributed by atoms with Gasteiger partial charge >= 0.3 is 39.5 Å². The molecular weight excluding hydrogens is 1310 g/mol. The predicted octanol–water partition coefficient (Wildman–Crippen LogP) is 24.3. The van der Waals surface area contributed by atoms with Crippen molar-refractivity contribution in [2.45, 2.75) is 445 Å². The smallest absolute Gasteiger partial charge is 0.462 e. The summed E-state index contributed by atoms with van der Waals surface area (Å²) in [5, 5.41) is 10.6. The molecule has 0 aromatic carbocycles. The Labute approximate surface area is 613 Å². The van der Waals surface area contributed by atoms with Gasteiger partial charge < -0.3 is 33.8 Å². The van der Waals surface area contributed by atoms with Gasteiger partial charge in [0.1, 0.15) is 19.3 Å². The number of phosphoric acid groups is 2. The number of phosphoric ester groups is 2. The Morgan fingerprint density at radius 3 is 0.680 bits per heavy atom. The van der Waals surface area contributed by atoms with Crippen LogP contribution in [0.3, 0.4) is 0 Å². The van der Waals surface area contributed by atoms with Gasteiger partial charge in [-0.2, -0.15) is 0 Å². The lowest BCUT2D eigenvalue weighted by molar-refractivity contribution is -0.161. The normalized spacial score (nSPS) is 13.9. The van der Waals surface area contributed by atoms with Crippen molar-refractivity contribution >= 4 is 39.5 Å². The molecule has 0 amide bonds. The lowest BCUT2D eigenvalue weighted by Gasteiger charge is -2.21. The maximum absolute atomic E-state index is 13.1. The summed E-state index contributed by atoms with van der Waals surface area (Å²) >= 11 is 0. The minimum absolute atomic E-state index is 0.107. The summed E-state index contributed by atoms with van der Waals surface area (Å²) in [7, 11) is -9.92. The predicted molar refractivity (Wildman–Crippen MR) is 409 cm³/mol. The van der Waals surface area contributed by atoms with E-state index in [0.717, 1.165) is 102 Å². The van der Waals surface area contributed by atoms with Crippen molar-refractivity contribution in [1.29, 1.82) is 0 Å². The molecule has 5 atom stereocenters. The SMILES string of the molecule is CCCCCCCCCCCCCCCCCCCCCC(=O)O[C@H](COC(=O)CCCCCCCCCCCCCCC(C)C)COP(=O)(O)OC[C@@H](O)COP(=O)(O)OC[C@@H](COC(=O)CCCCCCCCCCCCCC)OC(=O)CCCCCCCCCCCCCC(C)C. The lowest BCUT2D eigenvalue weighted by atomic mass is 10.0. The molecule has 3 N–H and O–H groups in total. The van der Waals surface area contributed by atoms with Gasteiger partial charge in [0.25, 0.3) is 0 Å². The van der Waals surface area contributed by atoms with Crippen LogP contribution in [-0.4, -0.2) is 96.7 Å². The van der Waals surface area contributed by atoms with Crippen molar-refractivity contribution in [2.75, 3.05) is 39.6 Å². The van der Waals surface area contributed by atoms with Crippen LogP contribution in [0.1, 0.15) is 427 Å². The van der Waals surface area contributed by atoms with E-state index in [1.54, 1.807) is 0 Å². The van der Waals surface area contributed by atoms with Gasteiger partial charge in [-0.1, -0.05) is 375 Å². The number of ether oxygens (including phenoxy) is 4. The van der Waals surface area contributed by atoms with Gasteiger partial charge in [0.2, 0.25) is 0 Å². The molecule has 0 fully saturated rings. The summed E-state index contributed by atoms with van der Waals surface area (Å²) in [5.41, 5.74) is 0. The molecule has 0 aromatic heterocycles. The fraction of sp³-hybridized carbons (Fsp3) is 0.951. The zero-order chi connectivity index (χ0) is 73.5. The molecule has 0 saturated heterocycles. The van der Waals surface area contributed by atoms with Gasteiger partial charge in [-0.05, 0) is 37.5 Å². The zero-order valence-electron chi connectivity index (χ0n) is 65.5. The molecule has 19 heteroatoms. The summed E-state index contributed by atoms with van der Waals surface area (Å²) in [4.78, 5) is 73.1. The van der Waals surface area contributed by atoms with E-state index in [1.165, 1.54) is 244 Å². The van der Waals surface area contributed by atoms with Crippen LogP contribution in [0.4, 0.5) is 0 Å². The molecular formula is C81H158O17P2. The fourth-order valence-electron chi connectivity index (χ4n) is 12.5. The summed E-state index contributed by atoms with van der Waals surface area (Å²) in [6, 6.07) is 0. The summed E-state index contributed by atoms with van der Waals surface area (Å²) < 4.78 is 68.7. The molecule has 0 saturated carbocycles. The maximum atomic E-state index is 13.1. The summed E-state index contributed by atoms with van der Waals surface area (Å²) in [6.45, 7) is 9.65. The molecule has 0 aliphatic heterocycles. The second-order valence-corrected chi connectivity index (χ2v) is 33.0. The van der Waals surface area contributed by atoms with Crippen LogP contribution in [0.2, 0.25) is 0 Å². The highest BCUT2D eigenvalue weighted by atomic mass is 31.2. The highest BCUT2D eigenvalue weighted by molar-refractivity contribution is 7.47. The van der Waals surface area contributed by atoms with Gasteiger partial charge in [0.05, 0.1) is 26.4 Å². The Bertz CT molecular complexity index is 1920. The van der Waals surface area contributed by atoms with Crippen LogP contribution in [-0.2, 0) is 65.4 Å². The standard InChI is InChI=1S/C81H158O17P2/c1-7-9-11-13-15-17-19-21-22-23-24-25-26-27-35-41-47-53-59-65-80(85)97-76(70-92-79(84)64-58-52-46-40-34-29-28-31-37-43-49-55-61-73(3)4)71-95-99(87,88)93-67-75(82)68-94-100(89,90)96-72-77(69-91-78(83)63-57-51-45-39-33-20-18-16-14-12-10-8-2)98-81(86)66-60-54-48-42-36-30-32-38-44-50-56-62-74(5)6/h73-77,82H,7-72H2,1-6H3,(H,87,88)(H,89,90)/t75-,76-,77-/m1/s1. The Morgan fingerprint density at radius 2 is 0.460 bits per heavy atom. The van der Waals surface area contributed by atoms with Crippen LogP contribution in [0.15, 0.2) is 0 Å². The average molecular weight is 1470 g/mol. The van der Waals surface area contributed by atoms with Gasteiger partial charge in [0.15, 0.2) is 12.2 Å². The van der Waals surface area contributed by atoms with E-state index in [-0.39, 0.29) is 25.7 Å². The number of aliphatic hydroxyl groups is 1. The first-order valence-electron chi connectivity index (χ1n) is 42.0. The van der Waals surface area contributed by atoms with E-state index in [0.29, 0.717) is 25.7 Å². The summed E-state index contributed by atoms with van der Waals surface area (Å²) in [6.07, 6.45) is 62.3. The minimum atomic E-state index is -4.96. The second kappa shape index (κ2) is 72.6. The number of esters is 4. The molecule has 0 bridgehead atoms. The molecule has 0 aliphatic rings. The molecule has 2 unspecified atom stereocenters. The first kappa shape index (κ1) is 98.1. The second-order valence-electron chi connectivity index (χ2n) is 30.1. The van der Waals surface area contributed by atoms with Crippen molar-refractivity contribution < 1.29 is 80.2 Å². The molecule has 0 rings (SSSR count). The third-order valence-corrected chi connectivity index (χ3v) is 20.9. The van der Waals surface area contributed by atoms with Gasteiger partial charge in [-0.15, -0.1) is 0 Å². The topological polar surface area (TPSA) is 237 Å². The quantitative estimate of drug-likeness (QED) is 0.0222. The van der Waals surface area contributed by atoms with Crippen molar-refractivity contribution in [3.8, 4) is 0 Å². The van der Waals surface area contributed by atoms with E-state index in [2.05, 4.69) is 41.5 Å². The number of hydrogen-bond donors (Lipinski definition) is 3. The molecule has 0 radical (unpaired) electrons. The van der Waals surface area contributed by atoms with Gasteiger partial charge in [0, 0.05) is 25.7 Å². The first-order valence-corrected chi connectivity index (χ1v) is 45.0. The number of carbonyl (C=O) groups is 4. The largest absolute Gasteiger partial charge is 0.472 e. The zero-order valence-corrected chi connectivity index (χ0v) is 67.3. The monoisotopic (exact) mass is 1470 g/mol. The third kappa shape index (κ3) is 74.3. The molecule has 0 heterocycles. The fourth-order valence-corrected chi connectivity index (χ4v) is 14.1. The Morgan fingerprint density at radius 1 is 0.270 bits per heavy atom. The molecule has 0 aliphatic carbocycles. The van der Waals surface area contributed by atoms with Gasteiger partial charge in [-0.3, -0.25) is 37.3 Å². The highest BCUT2D eigenvalue weighted by Crippen LogP contribution is 2.45. The van der Waals surface area contributed by atoms with E-state index in [1.807, 2.05) is 0 Å². The van der Waals surface area contributed by atoms with E-state index < -0.39 is 97.5 Å². The summed E-state index contributed by atoms with van der Waals surface area (Å²) in [5.74, 6) is -0.560. The Hall–Kier alpha value is -1.94. The number of unbranched alkanes of at least 4 members (excludes halogenated alkanes) is 50. The number of carbonyl (C=O) groups excluding carboxylic acids is 4. The molecule has 100 heavy (non-hydrogen) atoms. The van der Waals surface area contributed by atoms with E-state index >= 15 is 0 Å².